The van der Waals surface area contributed by atoms with Crippen molar-refractivity contribution in [3.63, 3.8) is 0 Å². The minimum atomic E-state index is -0.611. The Kier molecular flexibility index (Phi) is 3.67. The van der Waals surface area contributed by atoms with Crippen LogP contribution in [0.15, 0.2) is 23.1 Å². The Labute approximate surface area is 116 Å². The van der Waals surface area contributed by atoms with Crippen LogP contribution in [0.5, 0.6) is 0 Å². The van der Waals surface area contributed by atoms with Crippen molar-refractivity contribution >= 4 is 29.1 Å². The summed E-state index contributed by atoms with van der Waals surface area (Å²) in [5.74, 6) is -0.186. The van der Waals surface area contributed by atoms with Crippen molar-refractivity contribution in [3.05, 3.63) is 23.8 Å². The van der Waals surface area contributed by atoms with Gasteiger partial charge in [0.15, 0.2) is 5.78 Å². The van der Waals surface area contributed by atoms with Gasteiger partial charge in [-0.3, -0.25) is 9.59 Å². The molecule has 1 amide bonds. The minimum Gasteiger partial charge on any atom is -0.307 e. The third kappa shape index (κ3) is 2.52. The molecule has 0 bridgehead atoms. The van der Waals surface area contributed by atoms with E-state index in [0.29, 0.717) is 11.3 Å². The van der Waals surface area contributed by atoms with E-state index in [-0.39, 0.29) is 18.2 Å². The zero-order chi connectivity index (χ0) is 14.2. The lowest BCUT2D eigenvalue weighted by Gasteiger charge is -2.37. The zero-order valence-electron chi connectivity index (χ0n) is 11.2. The van der Waals surface area contributed by atoms with Gasteiger partial charge in [0.1, 0.15) is 6.67 Å². The number of carbonyl (C=O) groups excluding carboxylic acids is 2. The van der Waals surface area contributed by atoms with Crippen molar-refractivity contribution in [1.82, 2.24) is 0 Å². The number of amides is 1. The molecular formula is C14H16FNO2S. The lowest BCUT2D eigenvalue weighted by molar-refractivity contribution is -0.120. The van der Waals surface area contributed by atoms with Gasteiger partial charge in [-0.05, 0) is 32.9 Å². The van der Waals surface area contributed by atoms with Crippen LogP contribution in [0.25, 0.3) is 0 Å². The van der Waals surface area contributed by atoms with Gasteiger partial charge in [-0.25, -0.2) is 4.39 Å². The van der Waals surface area contributed by atoms with Crippen LogP contribution in [-0.2, 0) is 4.79 Å². The fourth-order valence-electron chi connectivity index (χ4n) is 2.09. The molecule has 1 aromatic rings. The molecule has 1 aliphatic rings. The van der Waals surface area contributed by atoms with E-state index in [4.69, 9.17) is 0 Å². The molecule has 0 aromatic heterocycles. The number of fused-ring (bicyclic) bond motifs is 1. The Morgan fingerprint density at radius 1 is 1.42 bits per heavy atom. The van der Waals surface area contributed by atoms with Gasteiger partial charge in [-0.2, -0.15) is 0 Å². The summed E-state index contributed by atoms with van der Waals surface area (Å²) in [6, 6.07) is 5.25. The van der Waals surface area contributed by atoms with Crippen molar-refractivity contribution in [1.29, 1.82) is 0 Å². The van der Waals surface area contributed by atoms with Crippen LogP contribution in [-0.4, -0.2) is 29.7 Å². The van der Waals surface area contributed by atoms with Crippen LogP contribution in [0.1, 0.15) is 31.1 Å². The highest BCUT2D eigenvalue weighted by molar-refractivity contribution is 8.01. The van der Waals surface area contributed by atoms with Gasteiger partial charge in [0.25, 0.3) is 0 Å². The Hall–Kier alpha value is -1.36. The predicted octanol–water partition coefficient (Wildman–Crippen LogP) is 3.08. The highest BCUT2D eigenvalue weighted by Gasteiger charge is 2.39. The molecule has 102 valence electrons. The zero-order valence-corrected chi connectivity index (χ0v) is 12.0. The minimum absolute atomic E-state index is 0.0250. The topological polar surface area (TPSA) is 37.4 Å². The molecule has 5 heteroatoms. The molecule has 0 unspecified atom stereocenters. The molecule has 0 radical (unpaired) electrons. The molecule has 0 saturated carbocycles. The second-order valence-electron chi connectivity index (χ2n) is 5.00. The lowest BCUT2D eigenvalue weighted by atomic mass is 10.1. The van der Waals surface area contributed by atoms with E-state index >= 15 is 0 Å². The number of hydrogen-bond donors (Lipinski definition) is 0. The predicted molar refractivity (Wildman–Crippen MR) is 74.7 cm³/mol. The number of rotatable bonds is 3. The Morgan fingerprint density at radius 2 is 2.11 bits per heavy atom. The third-order valence-corrected chi connectivity index (χ3v) is 4.34. The van der Waals surface area contributed by atoms with E-state index in [1.54, 1.807) is 12.1 Å². The van der Waals surface area contributed by atoms with Crippen LogP contribution in [0.4, 0.5) is 10.1 Å². The first kappa shape index (κ1) is 14.1. The standard InChI is InChI=1S/C14H16FNO2S/c1-9(17)10-4-5-12-11(8-10)16(7-6-15)13(18)14(2,3)19-12/h4-5,8H,6-7H2,1-3H3. The maximum atomic E-state index is 12.7. The van der Waals surface area contributed by atoms with Crippen molar-refractivity contribution < 1.29 is 14.0 Å². The summed E-state index contributed by atoms with van der Waals surface area (Å²) >= 11 is 1.45. The number of Topliss-reactive ketones (excluding diaryl/α,β-unsaturated/α-hetero) is 1. The van der Waals surface area contributed by atoms with E-state index in [0.717, 1.165) is 4.90 Å². The summed E-state index contributed by atoms with van der Waals surface area (Å²) in [4.78, 5) is 26.1. The quantitative estimate of drug-likeness (QED) is 0.799. The fourth-order valence-corrected chi connectivity index (χ4v) is 3.25. The van der Waals surface area contributed by atoms with E-state index in [1.165, 1.54) is 23.6 Å². The summed E-state index contributed by atoms with van der Waals surface area (Å²) in [5.41, 5.74) is 1.18. The molecule has 0 N–H and O–H groups in total. The van der Waals surface area contributed by atoms with Crippen LogP contribution in [0.3, 0.4) is 0 Å². The van der Waals surface area contributed by atoms with Gasteiger partial charge in [0.2, 0.25) is 5.91 Å². The van der Waals surface area contributed by atoms with Crippen LogP contribution >= 0.6 is 11.8 Å². The molecule has 1 aliphatic heterocycles. The van der Waals surface area contributed by atoms with Crippen molar-refractivity contribution in [2.24, 2.45) is 0 Å². The molecule has 1 heterocycles. The van der Waals surface area contributed by atoms with Gasteiger partial charge < -0.3 is 4.90 Å². The molecule has 19 heavy (non-hydrogen) atoms. The number of anilines is 1. The SMILES string of the molecule is CC(=O)c1ccc2c(c1)N(CCF)C(=O)C(C)(C)S2. The van der Waals surface area contributed by atoms with Gasteiger partial charge in [-0.1, -0.05) is 6.07 Å². The number of ketones is 1. The normalized spacial score (nSPS) is 17.3. The first-order chi connectivity index (χ1) is 8.86. The molecule has 2 rings (SSSR count). The molecule has 0 aliphatic carbocycles. The monoisotopic (exact) mass is 281 g/mol. The van der Waals surface area contributed by atoms with Crippen molar-refractivity contribution in [2.45, 2.75) is 30.4 Å². The number of benzene rings is 1. The molecule has 0 saturated heterocycles. The van der Waals surface area contributed by atoms with E-state index in [9.17, 15) is 14.0 Å². The number of carbonyl (C=O) groups is 2. The number of nitrogens with zero attached hydrogens (tertiary/aromatic N) is 1. The largest absolute Gasteiger partial charge is 0.307 e. The second kappa shape index (κ2) is 4.96. The third-order valence-electron chi connectivity index (χ3n) is 3.09. The number of alkyl halides is 1. The summed E-state index contributed by atoms with van der Waals surface area (Å²) in [5, 5.41) is 0. The maximum Gasteiger partial charge on any atom is 0.243 e. The average Bonchev–Trinajstić information content (AvgIpc) is 2.34. The Bertz CT molecular complexity index is 542. The summed E-state index contributed by atoms with van der Waals surface area (Å²) < 4.78 is 12.1. The average molecular weight is 281 g/mol. The van der Waals surface area contributed by atoms with Crippen LogP contribution < -0.4 is 4.90 Å². The summed E-state index contributed by atoms with van der Waals surface area (Å²) in [6.07, 6.45) is 0. The molecular weight excluding hydrogens is 265 g/mol. The second-order valence-corrected chi connectivity index (χ2v) is 6.66. The van der Waals surface area contributed by atoms with Crippen LogP contribution in [0.2, 0.25) is 0 Å². The summed E-state index contributed by atoms with van der Waals surface area (Å²) in [6.45, 7) is 4.55. The Balaban J connectivity index is 2.53. The number of hydrogen-bond acceptors (Lipinski definition) is 3. The van der Waals surface area contributed by atoms with Crippen molar-refractivity contribution in [3.8, 4) is 0 Å². The van der Waals surface area contributed by atoms with Gasteiger partial charge in [0.05, 0.1) is 17.0 Å². The number of halogens is 1. The smallest absolute Gasteiger partial charge is 0.243 e. The first-order valence-electron chi connectivity index (χ1n) is 6.09. The van der Waals surface area contributed by atoms with Gasteiger partial charge in [-0.15, -0.1) is 11.8 Å². The Morgan fingerprint density at radius 3 is 2.68 bits per heavy atom. The number of thioether (sulfide) groups is 1. The maximum absolute atomic E-state index is 12.7. The van der Waals surface area contributed by atoms with Gasteiger partial charge in [0, 0.05) is 10.5 Å². The molecule has 3 nitrogen and oxygen atoms in total. The molecule has 0 spiro atoms. The highest BCUT2D eigenvalue weighted by atomic mass is 32.2. The van der Waals surface area contributed by atoms with Gasteiger partial charge >= 0.3 is 0 Å². The summed E-state index contributed by atoms with van der Waals surface area (Å²) in [7, 11) is 0. The van der Waals surface area contributed by atoms with Crippen LogP contribution in [0, 0.1) is 0 Å². The van der Waals surface area contributed by atoms with Crippen molar-refractivity contribution in [2.75, 3.05) is 18.1 Å². The van der Waals surface area contributed by atoms with E-state index in [2.05, 4.69) is 0 Å². The molecule has 1 aromatic carbocycles. The lowest BCUT2D eigenvalue weighted by Crippen LogP contribution is -2.47. The fraction of sp³-hybridized carbons (Fsp3) is 0.429. The highest BCUT2D eigenvalue weighted by Crippen LogP contribution is 2.45. The molecule has 0 fully saturated rings. The first-order valence-corrected chi connectivity index (χ1v) is 6.90. The molecule has 0 atom stereocenters. The van der Waals surface area contributed by atoms with E-state index in [1.807, 2.05) is 19.9 Å². The van der Waals surface area contributed by atoms with E-state index < -0.39 is 11.4 Å².